The summed E-state index contributed by atoms with van der Waals surface area (Å²) in [5.41, 5.74) is 2.61. The number of methoxy groups -OCH3 is 1. The third-order valence-electron chi connectivity index (χ3n) is 4.14. The summed E-state index contributed by atoms with van der Waals surface area (Å²) in [6, 6.07) is 25.0. The van der Waals surface area contributed by atoms with Crippen LogP contribution in [0.3, 0.4) is 0 Å². The Hall–Kier alpha value is -3.59. The maximum atomic E-state index is 12.6. The topological polar surface area (TPSA) is 35.5 Å². The lowest BCUT2D eigenvalue weighted by Crippen LogP contribution is -2.03. The van der Waals surface area contributed by atoms with Crippen LogP contribution in [-0.4, -0.2) is 12.9 Å². The van der Waals surface area contributed by atoms with E-state index in [1.165, 1.54) is 6.08 Å². The third kappa shape index (κ3) is 5.45. The molecule has 0 saturated carbocycles. The molecule has 0 N–H and O–H groups in total. The van der Waals surface area contributed by atoms with E-state index in [1.54, 1.807) is 31.4 Å². The highest BCUT2D eigenvalue weighted by Gasteiger charge is 2.12. The predicted octanol–water partition coefficient (Wildman–Crippen LogP) is 5.73. The van der Waals surface area contributed by atoms with Crippen molar-refractivity contribution in [3.05, 3.63) is 114 Å². The fourth-order valence-corrected chi connectivity index (χ4v) is 2.65. The first-order chi connectivity index (χ1) is 13.8. The molecule has 0 unspecified atom stereocenters. The van der Waals surface area contributed by atoms with Gasteiger partial charge in [0, 0.05) is 6.07 Å². The number of ether oxygens (including phenoxy) is 2. The SMILES string of the molecule is COc1ccc(C(=O)/C=C/C=C/c2ccccc2)c(OCc2ccccc2)c1. The van der Waals surface area contributed by atoms with E-state index < -0.39 is 0 Å². The van der Waals surface area contributed by atoms with Gasteiger partial charge in [-0.25, -0.2) is 0 Å². The predicted molar refractivity (Wildman–Crippen MR) is 113 cm³/mol. The molecule has 0 fully saturated rings. The minimum atomic E-state index is -0.122. The number of carbonyl (C=O) groups excluding carboxylic acids is 1. The van der Waals surface area contributed by atoms with Crippen molar-refractivity contribution < 1.29 is 14.3 Å². The van der Waals surface area contributed by atoms with E-state index >= 15 is 0 Å². The first-order valence-corrected chi connectivity index (χ1v) is 9.05. The van der Waals surface area contributed by atoms with Crippen molar-refractivity contribution in [2.75, 3.05) is 7.11 Å². The van der Waals surface area contributed by atoms with Gasteiger partial charge in [0.2, 0.25) is 0 Å². The summed E-state index contributed by atoms with van der Waals surface area (Å²) in [7, 11) is 1.59. The highest BCUT2D eigenvalue weighted by molar-refractivity contribution is 6.06. The number of benzene rings is 3. The molecule has 0 aliphatic rings. The molecule has 0 aliphatic heterocycles. The van der Waals surface area contributed by atoms with E-state index in [0.29, 0.717) is 23.7 Å². The Kier molecular flexibility index (Phi) is 6.80. The Bertz CT molecular complexity index is 958. The molecule has 0 heterocycles. The molecule has 0 amide bonds. The number of hydrogen-bond donors (Lipinski definition) is 0. The van der Waals surface area contributed by atoms with Crippen LogP contribution in [0.2, 0.25) is 0 Å². The van der Waals surface area contributed by atoms with E-state index in [-0.39, 0.29) is 5.78 Å². The lowest BCUT2D eigenvalue weighted by atomic mass is 10.1. The van der Waals surface area contributed by atoms with Gasteiger partial charge in [0.1, 0.15) is 18.1 Å². The zero-order valence-electron chi connectivity index (χ0n) is 15.7. The van der Waals surface area contributed by atoms with Gasteiger partial charge in [-0.05, 0) is 29.3 Å². The molecule has 0 aliphatic carbocycles. The fraction of sp³-hybridized carbons (Fsp3) is 0.0800. The van der Waals surface area contributed by atoms with E-state index in [9.17, 15) is 4.79 Å². The van der Waals surface area contributed by atoms with E-state index in [0.717, 1.165) is 11.1 Å². The van der Waals surface area contributed by atoms with Crippen molar-refractivity contribution >= 4 is 11.9 Å². The number of ketones is 1. The molecule has 0 spiro atoms. The van der Waals surface area contributed by atoms with E-state index in [2.05, 4.69) is 0 Å². The number of rotatable bonds is 8. The van der Waals surface area contributed by atoms with Gasteiger partial charge in [-0.15, -0.1) is 0 Å². The molecule has 0 bridgehead atoms. The minimum absolute atomic E-state index is 0.122. The second kappa shape index (κ2) is 9.93. The Morgan fingerprint density at radius 2 is 1.61 bits per heavy atom. The number of hydrogen-bond acceptors (Lipinski definition) is 3. The summed E-state index contributed by atoms with van der Waals surface area (Å²) < 4.78 is 11.2. The number of allylic oxidation sites excluding steroid dienone is 3. The van der Waals surface area contributed by atoms with Crippen LogP contribution in [0.15, 0.2) is 97.1 Å². The van der Waals surface area contributed by atoms with E-state index in [1.807, 2.05) is 72.8 Å². The van der Waals surface area contributed by atoms with Crippen molar-refractivity contribution in [1.82, 2.24) is 0 Å². The quantitative estimate of drug-likeness (QED) is 0.289. The molecule has 28 heavy (non-hydrogen) atoms. The third-order valence-corrected chi connectivity index (χ3v) is 4.14. The molecule has 3 rings (SSSR count). The summed E-state index contributed by atoms with van der Waals surface area (Å²) in [5.74, 6) is 1.03. The Balaban J connectivity index is 1.73. The average molecular weight is 370 g/mol. The largest absolute Gasteiger partial charge is 0.497 e. The van der Waals surface area contributed by atoms with Gasteiger partial charge in [0.25, 0.3) is 0 Å². The van der Waals surface area contributed by atoms with Gasteiger partial charge in [0.05, 0.1) is 12.7 Å². The Morgan fingerprint density at radius 1 is 0.893 bits per heavy atom. The molecule has 0 aromatic heterocycles. The second-order valence-corrected chi connectivity index (χ2v) is 6.13. The average Bonchev–Trinajstić information content (AvgIpc) is 2.76. The summed E-state index contributed by atoms with van der Waals surface area (Å²) in [5, 5.41) is 0. The molecule has 0 saturated heterocycles. The summed E-state index contributed by atoms with van der Waals surface area (Å²) in [6.07, 6.45) is 7.07. The molecule has 3 nitrogen and oxygen atoms in total. The minimum Gasteiger partial charge on any atom is -0.497 e. The van der Waals surface area contributed by atoms with Crippen molar-refractivity contribution in [2.45, 2.75) is 6.61 Å². The zero-order chi connectivity index (χ0) is 19.6. The first-order valence-electron chi connectivity index (χ1n) is 9.05. The molecule has 0 atom stereocenters. The smallest absolute Gasteiger partial charge is 0.189 e. The van der Waals surface area contributed by atoms with Gasteiger partial charge >= 0.3 is 0 Å². The van der Waals surface area contributed by atoms with Crippen LogP contribution >= 0.6 is 0 Å². The Labute approximate surface area is 165 Å². The van der Waals surface area contributed by atoms with Gasteiger partial charge in [-0.3, -0.25) is 4.79 Å². The molecule has 3 heteroatoms. The van der Waals surface area contributed by atoms with Crippen molar-refractivity contribution in [2.24, 2.45) is 0 Å². The lowest BCUT2D eigenvalue weighted by Gasteiger charge is -2.11. The second-order valence-electron chi connectivity index (χ2n) is 6.13. The van der Waals surface area contributed by atoms with Crippen LogP contribution in [0.1, 0.15) is 21.5 Å². The van der Waals surface area contributed by atoms with Crippen LogP contribution in [-0.2, 0) is 6.61 Å². The first kappa shape index (κ1) is 19.2. The highest BCUT2D eigenvalue weighted by atomic mass is 16.5. The molecule has 3 aromatic carbocycles. The van der Waals surface area contributed by atoms with Gasteiger partial charge in [0.15, 0.2) is 5.78 Å². The van der Waals surface area contributed by atoms with Crippen LogP contribution in [0.4, 0.5) is 0 Å². The van der Waals surface area contributed by atoms with Crippen molar-refractivity contribution in [1.29, 1.82) is 0 Å². The maximum Gasteiger partial charge on any atom is 0.189 e. The highest BCUT2D eigenvalue weighted by Crippen LogP contribution is 2.26. The van der Waals surface area contributed by atoms with Crippen molar-refractivity contribution in [3.63, 3.8) is 0 Å². The molecule has 3 aromatic rings. The standard InChI is InChI=1S/C25H22O3/c1-27-22-16-17-23(25(18-22)28-19-21-13-6-3-7-14-21)24(26)15-9-8-12-20-10-4-2-5-11-20/h2-18H,19H2,1H3/b12-8+,15-9+. The summed E-state index contributed by atoms with van der Waals surface area (Å²) >= 11 is 0. The fourth-order valence-electron chi connectivity index (χ4n) is 2.65. The molecule has 0 radical (unpaired) electrons. The number of carbonyl (C=O) groups is 1. The maximum absolute atomic E-state index is 12.6. The lowest BCUT2D eigenvalue weighted by molar-refractivity contribution is 0.104. The molecular weight excluding hydrogens is 348 g/mol. The van der Waals surface area contributed by atoms with Crippen LogP contribution in [0.25, 0.3) is 6.08 Å². The van der Waals surface area contributed by atoms with Crippen LogP contribution in [0, 0.1) is 0 Å². The van der Waals surface area contributed by atoms with E-state index in [4.69, 9.17) is 9.47 Å². The van der Waals surface area contributed by atoms with Crippen LogP contribution < -0.4 is 9.47 Å². The summed E-state index contributed by atoms with van der Waals surface area (Å²) in [4.78, 5) is 12.6. The Morgan fingerprint density at radius 3 is 2.32 bits per heavy atom. The molecule has 140 valence electrons. The van der Waals surface area contributed by atoms with Gasteiger partial charge in [-0.1, -0.05) is 78.9 Å². The molecular formula is C25H22O3. The normalized spacial score (nSPS) is 11.0. The van der Waals surface area contributed by atoms with Gasteiger partial charge < -0.3 is 9.47 Å². The zero-order valence-corrected chi connectivity index (χ0v) is 15.7. The summed E-state index contributed by atoms with van der Waals surface area (Å²) in [6.45, 7) is 0.381. The van der Waals surface area contributed by atoms with Crippen molar-refractivity contribution in [3.8, 4) is 11.5 Å². The van der Waals surface area contributed by atoms with Gasteiger partial charge in [-0.2, -0.15) is 0 Å². The van der Waals surface area contributed by atoms with Crippen LogP contribution in [0.5, 0.6) is 11.5 Å². The monoisotopic (exact) mass is 370 g/mol.